The zero-order valence-corrected chi connectivity index (χ0v) is 10.8. The van der Waals surface area contributed by atoms with Gasteiger partial charge in [-0.3, -0.25) is 4.79 Å². The molecule has 0 saturated heterocycles. The lowest BCUT2D eigenvalue weighted by Crippen LogP contribution is -2.30. The molecule has 0 fully saturated rings. The number of rotatable bonds is 3. The quantitative estimate of drug-likeness (QED) is 0.833. The van der Waals surface area contributed by atoms with Crippen molar-refractivity contribution in [1.29, 1.82) is 0 Å². The van der Waals surface area contributed by atoms with Gasteiger partial charge in [0.1, 0.15) is 5.75 Å². The van der Waals surface area contributed by atoms with Gasteiger partial charge in [-0.15, -0.1) is 0 Å². The lowest BCUT2D eigenvalue weighted by molar-refractivity contribution is 0.0707. The average molecular weight is 244 g/mol. The number of para-hydroxylation sites is 1. The smallest absolute Gasteiger partial charge is 0.287 e. The Hall–Kier alpha value is -2.10. The van der Waals surface area contributed by atoms with E-state index in [0.717, 1.165) is 11.4 Å². The summed E-state index contributed by atoms with van der Waals surface area (Å²) < 4.78 is 6.98. The van der Waals surface area contributed by atoms with Crippen molar-refractivity contribution in [2.45, 2.75) is 26.9 Å². The number of hydrogen-bond acceptors (Lipinski definition) is 3. The second-order valence-corrected chi connectivity index (χ2v) is 4.25. The molecule has 0 N–H and O–H groups in total. The van der Waals surface area contributed by atoms with E-state index in [1.165, 1.54) is 4.68 Å². The lowest BCUT2D eigenvalue weighted by Gasteiger charge is -2.14. The molecule has 0 bridgehead atoms. The van der Waals surface area contributed by atoms with Crippen LogP contribution in [0.25, 0.3) is 0 Å². The summed E-state index contributed by atoms with van der Waals surface area (Å²) in [6, 6.07) is 11.2. The molecule has 18 heavy (non-hydrogen) atoms. The molecule has 2 rings (SSSR count). The highest BCUT2D eigenvalue weighted by molar-refractivity contribution is 5.83. The van der Waals surface area contributed by atoms with Crippen LogP contribution in [0.3, 0.4) is 0 Å². The van der Waals surface area contributed by atoms with Gasteiger partial charge in [-0.2, -0.15) is 5.10 Å². The van der Waals surface area contributed by atoms with Crippen molar-refractivity contribution in [1.82, 2.24) is 9.78 Å². The van der Waals surface area contributed by atoms with Crippen LogP contribution >= 0.6 is 0 Å². The average Bonchev–Trinajstić information content (AvgIpc) is 2.68. The molecule has 1 aromatic heterocycles. The molecule has 0 spiro atoms. The topological polar surface area (TPSA) is 44.1 Å². The molecule has 0 aliphatic rings. The molecule has 4 nitrogen and oxygen atoms in total. The number of carbonyl (C=O) groups excluding carboxylic acids is 1. The Labute approximate surface area is 106 Å². The van der Waals surface area contributed by atoms with E-state index in [4.69, 9.17) is 4.74 Å². The summed E-state index contributed by atoms with van der Waals surface area (Å²) in [5, 5.41) is 4.16. The Balaban J connectivity index is 2.12. The summed E-state index contributed by atoms with van der Waals surface area (Å²) >= 11 is 0. The highest BCUT2D eigenvalue weighted by Crippen LogP contribution is 2.12. The number of aryl methyl sites for hydroxylation is 2. The molecule has 0 saturated carbocycles. The van der Waals surface area contributed by atoms with Crippen molar-refractivity contribution in [3.8, 4) is 5.75 Å². The van der Waals surface area contributed by atoms with E-state index in [9.17, 15) is 4.79 Å². The molecule has 0 aliphatic carbocycles. The number of benzene rings is 1. The first-order valence-electron chi connectivity index (χ1n) is 5.87. The molecule has 0 aliphatic heterocycles. The van der Waals surface area contributed by atoms with Gasteiger partial charge in [-0.1, -0.05) is 18.2 Å². The lowest BCUT2D eigenvalue weighted by atomic mass is 10.3. The van der Waals surface area contributed by atoms with Gasteiger partial charge in [0.05, 0.1) is 5.69 Å². The zero-order chi connectivity index (χ0) is 13.1. The fourth-order valence-electron chi connectivity index (χ4n) is 1.78. The highest BCUT2D eigenvalue weighted by atomic mass is 16.5. The number of hydrogen-bond donors (Lipinski definition) is 0. The van der Waals surface area contributed by atoms with E-state index < -0.39 is 6.10 Å². The van der Waals surface area contributed by atoms with Crippen LogP contribution in [0.5, 0.6) is 5.75 Å². The van der Waals surface area contributed by atoms with Crippen molar-refractivity contribution in [3.63, 3.8) is 0 Å². The SMILES string of the molecule is Cc1cc(C)n(C(=O)C(C)Oc2ccccc2)n1. The van der Waals surface area contributed by atoms with Crippen LogP contribution in [-0.2, 0) is 0 Å². The van der Waals surface area contributed by atoms with Crippen molar-refractivity contribution >= 4 is 5.91 Å². The van der Waals surface area contributed by atoms with Gasteiger partial charge in [-0.25, -0.2) is 4.68 Å². The molecule has 1 atom stereocenters. The van der Waals surface area contributed by atoms with Crippen LogP contribution in [0.1, 0.15) is 23.1 Å². The summed E-state index contributed by atoms with van der Waals surface area (Å²) in [5.41, 5.74) is 1.65. The maximum Gasteiger partial charge on any atom is 0.287 e. The molecule has 2 aromatic rings. The van der Waals surface area contributed by atoms with Crippen LogP contribution < -0.4 is 4.74 Å². The molecule has 4 heteroatoms. The third-order valence-corrected chi connectivity index (χ3v) is 2.62. The van der Waals surface area contributed by atoms with Gasteiger partial charge in [-0.05, 0) is 39.0 Å². The van der Waals surface area contributed by atoms with Crippen molar-refractivity contribution < 1.29 is 9.53 Å². The Morgan fingerprint density at radius 1 is 1.28 bits per heavy atom. The first-order chi connectivity index (χ1) is 8.58. The summed E-state index contributed by atoms with van der Waals surface area (Å²) in [4.78, 5) is 12.2. The third kappa shape index (κ3) is 2.59. The zero-order valence-electron chi connectivity index (χ0n) is 10.8. The monoisotopic (exact) mass is 244 g/mol. The Morgan fingerprint density at radius 2 is 1.94 bits per heavy atom. The second kappa shape index (κ2) is 5.04. The Morgan fingerprint density at radius 3 is 2.50 bits per heavy atom. The number of aromatic nitrogens is 2. The molecule has 0 amide bonds. The van der Waals surface area contributed by atoms with E-state index in [2.05, 4.69) is 5.10 Å². The van der Waals surface area contributed by atoms with Gasteiger partial charge in [0.2, 0.25) is 0 Å². The predicted octanol–water partition coefficient (Wildman–Crippen LogP) is 2.61. The Kier molecular flexibility index (Phi) is 3.46. The second-order valence-electron chi connectivity index (χ2n) is 4.25. The van der Waals surface area contributed by atoms with Crippen molar-refractivity contribution in [2.75, 3.05) is 0 Å². The van der Waals surface area contributed by atoms with Crippen LogP contribution in [0.4, 0.5) is 0 Å². The molecule has 1 aromatic carbocycles. The fraction of sp³-hybridized carbons (Fsp3) is 0.286. The van der Waals surface area contributed by atoms with Crippen LogP contribution in [0.2, 0.25) is 0 Å². The Bertz CT molecular complexity index is 546. The van der Waals surface area contributed by atoms with Crippen LogP contribution in [0, 0.1) is 13.8 Å². The molecular weight excluding hydrogens is 228 g/mol. The van der Waals surface area contributed by atoms with E-state index in [-0.39, 0.29) is 5.91 Å². The minimum atomic E-state index is -0.564. The minimum absolute atomic E-state index is 0.163. The van der Waals surface area contributed by atoms with Gasteiger partial charge < -0.3 is 4.74 Å². The maximum absolute atomic E-state index is 12.2. The number of ether oxygens (including phenoxy) is 1. The van der Waals surface area contributed by atoms with Crippen molar-refractivity contribution in [3.05, 3.63) is 47.8 Å². The highest BCUT2D eigenvalue weighted by Gasteiger charge is 2.19. The van der Waals surface area contributed by atoms with Crippen LogP contribution in [0.15, 0.2) is 36.4 Å². The molecule has 1 unspecified atom stereocenters. The third-order valence-electron chi connectivity index (χ3n) is 2.62. The molecule has 94 valence electrons. The normalized spacial score (nSPS) is 12.2. The summed E-state index contributed by atoms with van der Waals surface area (Å²) in [7, 11) is 0. The maximum atomic E-state index is 12.2. The van der Waals surface area contributed by atoms with Gasteiger partial charge >= 0.3 is 0 Å². The summed E-state index contributed by atoms with van der Waals surface area (Å²) in [6.07, 6.45) is -0.564. The first-order valence-corrected chi connectivity index (χ1v) is 5.87. The van der Waals surface area contributed by atoms with Crippen LogP contribution in [-0.4, -0.2) is 21.8 Å². The summed E-state index contributed by atoms with van der Waals surface area (Å²) in [6.45, 7) is 5.44. The number of carbonyl (C=O) groups is 1. The van der Waals surface area contributed by atoms with E-state index in [1.807, 2.05) is 50.2 Å². The predicted molar refractivity (Wildman–Crippen MR) is 68.9 cm³/mol. The van der Waals surface area contributed by atoms with E-state index in [1.54, 1.807) is 6.92 Å². The van der Waals surface area contributed by atoms with Gasteiger partial charge in [0.25, 0.3) is 5.91 Å². The standard InChI is InChI=1S/C14H16N2O2/c1-10-9-11(2)16(15-10)14(17)12(3)18-13-7-5-4-6-8-13/h4-9,12H,1-3H3. The van der Waals surface area contributed by atoms with Crippen molar-refractivity contribution in [2.24, 2.45) is 0 Å². The van der Waals surface area contributed by atoms with Gasteiger partial charge in [0, 0.05) is 5.69 Å². The largest absolute Gasteiger partial charge is 0.481 e. The molecular formula is C14H16N2O2. The molecule has 1 heterocycles. The minimum Gasteiger partial charge on any atom is -0.481 e. The molecule has 0 radical (unpaired) electrons. The van der Waals surface area contributed by atoms with E-state index in [0.29, 0.717) is 5.75 Å². The first kappa shape index (κ1) is 12.4. The summed E-state index contributed by atoms with van der Waals surface area (Å²) in [5.74, 6) is 0.518. The number of nitrogens with zero attached hydrogens (tertiary/aromatic N) is 2. The fourth-order valence-corrected chi connectivity index (χ4v) is 1.78. The van der Waals surface area contributed by atoms with E-state index >= 15 is 0 Å². The van der Waals surface area contributed by atoms with Gasteiger partial charge in [0.15, 0.2) is 6.10 Å².